The van der Waals surface area contributed by atoms with Crippen molar-refractivity contribution in [3.63, 3.8) is 0 Å². The van der Waals surface area contributed by atoms with Crippen LogP contribution in [-0.2, 0) is 0 Å². The van der Waals surface area contributed by atoms with E-state index >= 15 is 0 Å². The molecule has 1 atom stereocenters. The van der Waals surface area contributed by atoms with Gasteiger partial charge in [0.1, 0.15) is 0 Å². The average molecular weight is 245 g/mol. The highest BCUT2D eigenvalue weighted by atomic mass is 14.9. The van der Waals surface area contributed by atoms with E-state index in [1.54, 1.807) is 0 Å². The summed E-state index contributed by atoms with van der Waals surface area (Å²) < 4.78 is 0. The summed E-state index contributed by atoms with van der Waals surface area (Å²) in [7, 11) is 0. The van der Waals surface area contributed by atoms with Gasteiger partial charge in [0.25, 0.3) is 0 Å². The van der Waals surface area contributed by atoms with Gasteiger partial charge in [-0.3, -0.25) is 0 Å². The number of nitrogens with one attached hydrogen (secondary N) is 1. The lowest BCUT2D eigenvalue weighted by Crippen LogP contribution is -2.27. The molecule has 1 unspecified atom stereocenters. The SMILES string of the molecule is Cc1ccc(C)c(C(C)NCC2CCCCC2)c1. The van der Waals surface area contributed by atoms with Gasteiger partial charge in [0.05, 0.1) is 0 Å². The van der Waals surface area contributed by atoms with E-state index in [0.29, 0.717) is 6.04 Å². The summed E-state index contributed by atoms with van der Waals surface area (Å²) in [5.74, 6) is 0.909. The largest absolute Gasteiger partial charge is 0.310 e. The summed E-state index contributed by atoms with van der Waals surface area (Å²) in [5, 5.41) is 3.74. The molecule has 0 heterocycles. The Kier molecular flexibility index (Phi) is 4.82. The van der Waals surface area contributed by atoms with Gasteiger partial charge >= 0.3 is 0 Å². The van der Waals surface area contributed by atoms with Gasteiger partial charge in [-0.05, 0) is 57.2 Å². The van der Waals surface area contributed by atoms with Crippen molar-refractivity contribution in [2.45, 2.75) is 58.9 Å². The third-order valence-corrected chi connectivity index (χ3v) is 4.34. The van der Waals surface area contributed by atoms with Crippen LogP contribution in [0.3, 0.4) is 0 Å². The van der Waals surface area contributed by atoms with E-state index in [1.165, 1.54) is 55.3 Å². The minimum atomic E-state index is 0.479. The third-order valence-electron chi connectivity index (χ3n) is 4.34. The fourth-order valence-corrected chi connectivity index (χ4v) is 3.07. The van der Waals surface area contributed by atoms with Crippen molar-refractivity contribution in [2.75, 3.05) is 6.54 Å². The van der Waals surface area contributed by atoms with Crippen molar-refractivity contribution in [2.24, 2.45) is 5.92 Å². The fraction of sp³-hybridized carbons (Fsp3) is 0.647. The zero-order chi connectivity index (χ0) is 13.0. The van der Waals surface area contributed by atoms with E-state index in [-0.39, 0.29) is 0 Å². The van der Waals surface area contributed by atoms with Gasteiger partial charge in [0, 0.05) is 6.04 Å². The Morgan fingerprint density at radius 1 is 1.17 bits per heavy atom. The number of hydrogen-bond acceptors (Lipinski definition) is 1. The predicted molar refractivity (Wildman–Crippen MR) is 78.9 cm³/mol. The molecule has 18 heavy (non-hydrogen) atoms. The Hall–Kier alpha value is -0.820. The first-order chi connectivity index (χ1) is 8.66. The Balaban J connectivity index is 1.90. The predicted octanol–water partition coefficient (Wildman–Crippen LogP) is 4.53. The van der Waals surface area contributed by atoms with Gasteiger partial charge < -0.3 is 5.32 Å². The Labute approximate surface area is 112 Å². The van der Waals surface area contributed by atoms with E-state index in [4.69, 9.17) is 0 Å². The topological polar surface area (TPSA) is 12.0 Å². The van der Waals surface area contributed by atoms with Crippen molar-refractivity contribution in [3.8, 4) is 0 Å². The molecule has 1 nitrogen and oxygen atoms in total. The van der Waals surface area contributed by atoms with E-state index < -0.39 is 0 Å². The summed E-state index contributed by atoms with van der Waals surface area (Å²) in [5.41, 5.74) is 4.23. The van der Waals surface area contributed by atoms with Crippen LogP contribution >= 0.6 is 0 Å². The van der Waals surface area contributed by atoms with Gasteiger partial charge in [0.2, 0.25) is 0 Å². The Bertz CT molecular complexity index is 377. The first-order valence-electron chi connectivity index (χ1n) is 7.47. The van der Waals surface area contributed by atoms with Gasteiger partial charge in [-0.15, -0.1) is 0 Å². The summed E-state index contributed by atoms with van der Waals surface area (Å²) in [4.78, 5) is 0. The number of hydrogen-bond donors (Lipinski definition) is 1. The molecule has 1 saturated carbocycles. The molecule has 0 saturated heterocycles. The normalized spacial score (nSPS) is 18.8. The zero-order valence-electron chi connectivity index (χ0n) is 12.1. The van der Waals surface area contributed by atoms with Crippen LogP contribution in [0.1, 0.15) is 61.8 Å². The first kappa shape index (κ1) is 13.6. The molecule has 1 fully saturated rings. The lowest BCUT2D eigenvalue weighted by Gasteiger charge is -2.25. The van der Waals surface area contributed by atoms with E-state index in [1.807, 2.05) is 0 Å². The maximum absolute atomic E-state index is 3.74. The van der Waals surface area contributed by atoms with Crippen LogP contribution in [0.5, 0.6) is 0 Å². The van der Waals surface area contributed by atoms with Gasteiger partial charge in [-0.25, -0.2) is 0 Å². The summed E-state index contributed by atoms with van der Waals surface area (Å²) in [6.07, 6.45) is 7.16. The second-order valence-corrected chi connectivity index (χ2v) is 5.99. The van der Waals surface area contributed by atoms with E-state index in [0.717, 1.165) is 5.92 Å². The number of aryl methyl sites for hydroxylation is 2. The molecule has 2 rings (SSSR count). The van der Waals surface area contributed by atoms with E-state index in [2.05, 4.69) is 44.3 Å². The second-order valence-electron chi connectivity index (χ2n) is 5.99. The highest BCUT2D eigenvalue weighted by molar-refractivity contribution is 5.32. The molecule has 1 heteroatoms. The quantitative estimate of drug-likeness (QED) is 0.821. The molecule has 1 N–H and O–H groups in total. The maximum atomic E-state index is 3.74. The van der Waals surface area contributed by atoms with Crippen molar-refractivity contribution in [3.05, 3.63) is 34.9 Å². The molecular formula is C17H27N. The van der Waals surface area contributed by atoms with Crippen LogP contribution in [0.15, 0.2) is 18.2 Å². The highest BCUT2D eigenvalue weighted by Gasteiger charge is 2.15. The molecule has 0 spiro atoms. The second kappa shape index (κ2) is 6.38. The molecule has 0 radical (unpaired) electrons. The zero-order valence-corrected chi connectivity index (χ0v) is 12.1. The lowest BCUT2D eigenvalue weighted by atomic mass is 9.89. The molecular weight excluding hydrogens is 218 g/mol. The van der Waals surface area contributed by atoms with Crippen LogP contribution < -0.4 is 5.32 Å². The summed E-state index contributed by atoms with van der Waals surface area (Å²) in [6.45, 7) is 7.88. The standard InChI is InChI=1S/C17H27N/c1-13-9-10-14(2)17(11-13)15(3)18-12-16-7-5-4-6-8-16/h9-11,15-16,18H,4-8,12H2,1-3H3. The van der Waals surface area contributed by atoms with Gasteiger partial charge in [-0.2, -0.15) is 0 Å². The van der Waals surface area contributed by atoms with Crippen LogP contribution in [0.2, 0.25) is 0 Å². The molecule has 0 bridgehead atoms. The first-order valence-corrected chi connectivity index (χ1v) is 7.47. The molecule has 1 aliphatic carbocycles. The van der Waals surface area contributed by atoms with Crippen molar-refractivity contribution in [1.29, 1.82) is 0 Å². The van der Waals surface area contributed by atoms with Crippen LogP contribution in [0.25, 0.3) is 0 Å². The molecule has 1 aliphatic rings. The molecule has 1 aromatic rings. The highest BCUT2D eigenvalue weighted by Crippen LogP contribution is 2.24. The number of benzene rings is 1. The van der Waals surface area contributed by atoms with Crippen molar-refractivity contribution in [1.82, 2.24) is 5.32 Å². The van der Waals surface area contributed by atoms with Crippen LogP contribution in [-0.4, -0.2) is 6.54 Å². The van der Waals surface area contributed by atoms with E-state index in [9.17, 15) is 0 Å². The molecule has 0 aromatic heterocycles. The minimum Gasteiger partial charge on any atom is -0.310 e. The summed E-state index contributed by atoms with van der Waals surface area (Å²) >= 11 is 0. The van der Waals surface area contributed by atoms with Gasteiger partial charge in [-0.1, -0.05) is 43.0 Å². The maximum Gasteiger partial charge on any atom is 0.0294 e. The van der Waals surface area contributed by atoms with Crippen molar-refractivity contribution >= 4 is 0 Å². The van der Waals surface area contributed by atoms with Gasteiger partial charge in [0.15, 0.2) is 0 Å². The minimum absolute atomic E-state index is 0.479. The van der Waals surface area contributed by atoms with Crippen LogP contribution in [0.4, 0.5) is 0 Å². The number of rotatable bonds is 4. The Morgan fingerprint density at radius 3 is 2.61 bits per heavy atom. The monoisotopic (exact) mass is 245 g/mol. The molecule has 0 aliphatic heterocycles. The smallest absolute Gasteiger partial charge is 0.0294 e. The molecule has 100 valence electrons. The third kappa shape index (κ3) is 3.58. The molecule has 0 amide bonds. The lowest BCUT2D eigenvalue weighted by molar-refractivity contribution is 0.331. The Morgan fingerprint density at radius 2 is 1.89 bits per heavy atom. The molecule has 1 aromatic carbocycles. The van der Waals surface area contributed by atoms with Crippen molar-refractivity contribution < 1.29 is 0 Å². The average Bonchev–Trinajstić information content (AvgIpc) is 2.40. The summed E-state index contributed by atoms with van der Waals surface area (Å²) in [6, 6.07) is 7.25. The van der Waals surface area contributed by atoms with Crippen LogP contribution in [0, 0.1) is 19.8 Å². The fourth-order valence-electron chi connectivity index (χ4n) is 3.07.